The molecule has 2 bridgehead atoms. The molecule has 1 aromatic rings. The van der Waals surface area contributed by atoms with Crippen molar-refractivity contribution in [3.05, 3.63) is 29.8 Å². The summed E-state index contributed by atoms with van der Waals surface area (Å²) in [5.74, 6) is 3.75. The van der Waals surface area contributed by atoms with Gasteiger partial charge in [0, 0.05) is 5.56 Å². The van der Waals surface area contributed by atoms with E-state index >= 15 is 0 Å². The molecule has 2 nitrogen and oxygen atoms in total. The summed E-state index contributed by atoms with van der Waals surface area (Å²) >= 11 is 0. The number of benzene rings is 1. The molecule has 0 aliphatic heterocycles. The van der Waals surface area contributed by atoms with E-state index in [1.54, 1.807) is 0 Å². The topological polar surface area (TPSA) is 29.5 Å². The van der Waals surface area contributed by atoms with Gasteiger partial charge in [0.05, 0.1) is 12.2 Å². The maximum Gasteiger partial charge on any atom is 0.125 e. The summed E-state index contributed by atoms with van der Waals surface area (Å²) in [5.41, 5.74) is 0.404. The van der Waals surface area contributed by atoms with Crippen LogP contribution in [0.5, 0.6) is 5.75 Å². The van der Waals surface area contributed by atoms with E-state index < -0.39 is 5.60 Å². The van der Waals surface area contributed by atoms with Gasteiger partial charge in [-0.05, 0) is 62.3 Å². The molecular formula is C18H24O2. The van der Waals surface area contributed by atoms with Crippen molar-refractivity contribution in [3.8, 4) is 5.75 Å². The summed E-state index contributed by atoms with van der Waals surface area (Å²) in [6.45, 7) is 2.67. The smallest absolute Gasteiger partial charge is 0.125 e. The lowest BCUT2D eigenvalue weighted by Gasteiger charge is -2.40. The van der Waals surface area contributed by atoms with Gasteiger partial charge in [0.2, 0.25) is 0 Å². The van der Waals surface area contributed by atoms with Crippen LogP contribution in [-0.4, -0.2) is 11.7 Å². The highest BCUT2D eigenvalue weighted by Gasteiger charge is 2.61. The third-order valence-corrected chi connectivity index (χ3v) is 6.14. The van der Waals surface area contributed by atoms with Gasteiger partial charge in [-0.25, -0.2) is 0 Å². The van der Waals surface area contributed by atoms with Gasteiger partial charge in [0.1, 0.15) is 5.75 Å². The van der Waals surface area contributed by atoms with Crippen LogP contribution in [0, 0.1) is 23.7 Å². The zero-order valence-corrected chi connectivity index (χ0v) is 12.2. The second kappa shape index (κ2) is 4.49. The maximum absolute atomic E-state index is 11.4. The Balaban J connectivity index is 1.72. The third-order valence-electron chi connectivity index (χ3n) is 6.14. The molecule has 1 aromatic carbocycles. The minimum atomic E-state index is -0.637. The highest BCUT2D eigenvalue weighted by Crippen LogP contribution is 2.65. The van der Waals surface area contributed by atoms with Gasteiger partial charge in [-0.2, -0.15) is 0 Å². The van der Waals surface area contributed by atoms with Crippen LogP contribution in [0.25, 0.3) is 0 Å². The van der Waals surface area contributed by atoms with E-state index in [2.05, 4.69) is 6.07 Å². The minimum absolute atomic E-state index is 0.460. The average Bonchev–Trinajstić information content (AvgIpc) is 3.10. The highest BCUT2D eigenvalue weighted by atomic mass is 16.5. The SMILES string of the molecule is CCOc1ccccc1C1(O)CC2CC1C1CCCC21. The largest absolute Gasteiger partial charge is 0.493 e. The van der Waals surface area contributed by atoms with E-state index in [-0.39, 0.29) is 0 Å². The molecule has 0 spiro atoms. The molecule has 3 aliphatic carbocycles. The van der Waals surface area contributed by atoms with E-state index in [1.165, 1.54) is 25.7 Å². The molecule has 5 atom stereocenters. The van der Waals surface area contributed by atoms with Crippen molar-refractivity contribution in [2.75, 3.05) is 6.61 Å². The quantitative estimate of drug-likeness (QED) is 0.908. The van der Waals surface area contributed by atoms with E-state index in [1.807, 2.05) is 25.1 Å². The minimum Gasteiger partial charge on any atom is -0.493 e. The predicted molar refractivity (Wildman–Crippen MR) is 78.6 cm³/mol. The predicted octanol–water partition coefficient (Wildman–Crippen LogP) is 3.73. The molecule has 0 aromatic heterocycles. The van der Waals surface area contributed by atoms with Crippen molar-refractivity contribution in [2.24, 2.45) is 23.7 Å². The van der Waals surface area contributed by atoms with E-state index in [4.69, 9.17) is 4.74 Å². The van der Waals surface area contributed by atoms with Crippen LogP contribution in [0.2, 0.25) is 0 Å². The standard InChI is InChI=1S/C18H24O2/c1-2-20-17-9-4-3-8-15(17)18(19)11-12-10-16(18)14-7-5-6-13(12)14/h3-4,8-9,12-14,16,19H,2,5-7,10-11H2,1H3. The summed E-state index contributed by atoms with van der Waals surface area (Å²) in [6.07, 6.45) is 6.26. The van der Waals surface area contributed by atoms with Crippen molar-refractivity contribution >= 4 is 0 Å². The maximum atomic E-state index is 11.4. The molecule has 2 heteroatoms. The highest BCUT2D eigenvalue weighted by molar-refractivity contribution is 5.40. The van der Waals surface area contributed by atoms with Crippen LogP contribution < -0.4 is 4.74 Å². The van der Waals surface area contributed by atoms with Gasteiger partial charge < -0.3 is 9.84 Å². The Hall–Kier alpha value is -1.02. The van der Waals surface area contributed by atoms with Gasteiger partial charge in [-0.3, -0.25) is 0 Å². The molecule has 5 unspecified atom stereocenters. The number of fused-ring (bicyclic) bond motifs is 5. The Labute approximate surface area is 121 Å². The van der Waals surface area contributed by atoms with Gasteiger partial charge >= 0.3 is 0 Å². The molecule has 0 saturated heterocycles. The number of rotatable bonds is 3. The molecule has 0 amide bonds. The summed E-state index contributed by atoms with van der Waals surface area (Å²) in [5, 5.41) is 11.4. The second-order valence-electron chi connectivity index (χ2n) is 6.92. The van der Waals surface area contributed by atoms with Crippen LogP contribution in [0.3, 0.4) is 0 Å². The normalized spacial score (nSPS) is 41.9. The lowest BCUT2D eigenvalue weighted by atomic mass is 9.70. The summed E-state index contributed by atoms with van der Waals surface area (Å²) in [6, 6.07) is 8.13. The number of hydrogen-bond acceptors (Lipinski definition) is 2. The van der Waals surface area contributed by atoms with Gasteiger partial charge in [0.15, 0.2) is 0 Å². The molecule has 0 radical (unpaired) electrons. The average molecular weight is 272 g/mol. The van der Waals surface area contributed by atoms with Crippen LogP contribution in [-0.2, 0) is 5.60 Å². The third kappa shape index (κ3) is 1.60. The fourth-order valence-corrected chi connectivity index (χ4v) is 5.53. The molecule has 20 heavy (non-hydrogen) atoms. The lowest BCUT2D eigenvalue weighted by molar-refractivity contribution is -0.0529. The van der Waals surface area contributed by atoms with Gasteiger partial charge in [0.25, 0.3) is 0 Å². The molecule has 3 saturated carbocycles. The molecular weight excluding hydrogens is 248 g/mol. The molecule has 3 aliphatic rings. The first kappa shape index (κ1) is 12.7. The van der Waals surface area contributed by atoms with Crippen LogP contribution >= 0.6 is 0 Å². The van der Waals surface area contributed by atoms with Crippen molar-refractivity contribution in [1.29, 1.82) is 0 Å². The molecule has 0 heterocycles. The van der Waals surface area contributed by atoms with Gasteiger partial charge in [-0.15, -0.1) is 0 Å². The first-order chi connectivity index (χ1) is 9.74. The second-order valence-corrected chi connectivity index (χ2v) is 6.92. The van der Waals surface area contributed by atoms with E-state index in [9.17, 15) is 5.11 Å². The molecule has 108 valence electrons. The monoisotopic (exact) mass is 272 g/mol. The zero-order chi connectivity index (χ0) is 13.7. The number of aliphatic hydroxyl groups is 1. The van der Waals surface area contributed by atoms with Crippen molar-refractivity contribution in [1.82, 2.24) is 0 Å². The molecule has 4 rings (SSSR count). The Morgan fingerprint density at radius 1 is 1.25 bits per heavy atom. The van der Waals surface area contributed by atoms with E-state index in [0.29, 0.717) is 12.5 Å². The Kier molecular flexibility index (Phi) is 2.85. The molecule has 3 fully saturated rings. The lowest BCUT2D eigenvalue weighted by Crippen LogP contribution is -2.39. The van der Waals surface area contributed by atoms with Crippen molar-refractivity contribution < 1.29 is 9.84 Å². The van der Waals surface area contributed by atoms with E-state index in [0.717, 1.165) is 35.5 Å². The Morgan fingerprint density at radius 3 is 2.90 bits per heavy atom. The zero-order valence-electron chi connectivity index (χ0n) is 12.2. The van der Waals surface area contributed by atoms with Crippen molar-refractivity contribution in [2.45, 2.75) is 44.6 Å². The van der Waals surface area contributed by atoms with Crippen LogP contribution in [0.4, 0.5) is 0 Å². The summed E-state index contributed by atoms with van der Waals surface area (Å²) in [4.78, 5) is 0. The van der Waals surface area contributed by atoms with Gasteiger partial charge in [-0.1, -0.05) is 24.6 Å². The Morgan fingerprint density at radius 2 is 2.05 bits per heavy atom. The fraction of sp³-hybridized carbons (Fsp3) is 0.667. The summed E-state index contributed by atoms with van der Waals surface area (Å²) in [7, 11) is 0. The first-order valence-electron chi connectivity index (χ1n) is 8.18. The van der Waals surface area contributed by atoms with Crippen LogP contribution in [0.1, 0.15) is 44.6 Å². The summed E-state index contributed by atoms with van der Waals surface area (Å²) < 4.78 is 5.77. The molecule has 1 N–H and O–H groups in total. The number of para-hydroxylation sites is 1. The van der Waals surface area contributed by atoms with Crippen molar-refractivity contribution in [3.63, 3.8) is 0 Å². The number of ether oxygens (including phenoxy) is 1. The first-order valence-corrected chi connectivity index (χ1v) is 8.18. The fourth-order valence-electron chi connectivity index (χ4n) is 5.53. The van der Waals surface area contributed by atoms with Crippen LogP contribution in [0.15, 0.2) is 24.3 Å². The Bertz CT molecular complexity index is 512. The number of hydrogen-bond donors (Lipinski definition) is 1.